The van der Waals surface area contributed by atoms with E-state index in [1.165, 1.54) is 17.1 Å². The molecule has 1 atom stereocenters. The zero-order chi connectivity index (χ0) is 13.2. The van der Waals surface area contributed by atoms with Gasteiger partial charge in [0.15, 0.2) is 0 Å². The normalized spacial score (nSPS) is 19.4. The summed E-state index contributed by atoms with van der Waals surface area (Å²) in [7, 11) is 0. The molecule has 6 heteroatoms. The number of fused-ring (bicyclic) bond motifs is 1. The third-order valence-corrected chi connectivity index (χ3v) is 5.37. The van der Waals surface area contributed by atoms with Gasteiger partial charge in [0.25, 0.3) is 0 Å². The van der Waals surface area contributed by atoms with Crippen LogP contribution < -0.4 is 5.32 Å². The first-order valence-electron chi connectivity index (χ1n) is 6.65. The fourth-order valence-corrected chi connectivity index (χ4v) is 4.18. The molecule has 3 heterocycles. The Hall–Kier alpha value is -0.980. The molecule has 1 unspecified atom stereocenters. The van der Waals surface area contributed by atoms with Crippen LogP contribution in [0.3, 0.4) is 0 Å². The molecule has 19 heavy (non-hydrogen) atoms. The van der Waals surface area contributed by atoms with Gasteiger partial charge in [0.1, 0.15) is 10.7 Å². The van der Waals surface area contributed by atoms with Gasteiger partial charge in [-0.15, -0.1) is 16.4 Å². The van der Waals surface area contributed by atoms with E-state index in [4.69, 9.17) is 0 Å². The lowest BCUT2D eigenvalue weighted by Crippen LogP contribution is -2.33. The van der Waals surface area contributed by atoms with E-state index in [0.29, 0.717) is 6.04 Å². The fraction of sp³-hybridized carbons (Fsp3) is 0.538. The first kappa shape index (κ1) is 13.0. The van der Waals surface area contributed by atoms with Crippen LogP contribution in [0.1, 0.15) is 36.0 Å². The number of rotatable bonds is 4. The topological polar surface area (TPSA) is 41.1 Å². The summed E-state index contributed by atoms with van der Waals surface area (Å²) < 4.78 is 4.07. The van der Waals surface area contributed by atoms with Gasteiger partial charge < -0.3 is 5.32 Å². The first-order valence-corrected chi connectivity index (χ1v) is 8.30. The molecule has 0 saturated carbocycles. The fourth-order valence-electron chi connectivity index (χ4n) is 2.58. The van der Waals surface area contributed by atoms with E-state index < -0.39 is 0 Å². The summed E-state index contributed by atoms with van der Waals surface area (Å²) in [6, 6.07) is 2.74. The van der Waals surface area contributed by atoms with Crippen molar-refractivity contribution in [2.75, 3.05) is 18.4 Å². The Morgan fingerprint density at radius 1 is 1.53 bits per heavy atom. The number of nitrogens with zero attached hydrogens (tertiary/aromatic N) is 3. The number of aromatic nitrogens is 2. The molecule has 1 aliphatic heterocycles. The molecule has 1 N–H and O–H groups in total. The van der Waals surface area contributed by atoms with Crippen molar-refractivity contribution in [3.63, 3.8) is 0 Å². The maximum absolute atomic E-state index is 4.27. The Kier molecular flexibility index (Phi) is 3.81. The van der Waals surface area contributed by atoms with Crippen molar-refractivity contribution in [1.29, 1.82) is 0 Å². The Bertz CT molecular complexity index is 548. The second-order valence-electron chi connectivity index (χ2n) is 4.77. The lowest BCUT2D eigenvalue weighted by atomic mass is 10.0. The van der Waals surface area contributed by atoms with Gasteiger partial charge in [0, 0.05) is 42.1 Å². The van der Waals surface area contributed by atoms with Crippen molar-refractivity contribution in [3.8, 4) is 0 Å². The summed E-state index contributed by atoms with van der Waals surface area (Å²) in [5.74, 6) is 0. The van der Waals surface area contributed by atoms with E-state index in [1.54, 1.807) is 4.88 Å². The second-order valence-corrected chi connectivity index (χ2v) is 6.53. The summed E-state index contributed by atoms with van der Waals surface area (Å²) in [5.41, 5.74) is 2.57. The number of nitrogens with one attached hydrogen (secondary N) is 1. The summed E-state index contributed by atoms with van der Waals surface area (Å²) in [5, 5.41) is 10.9. The van der Waals surface area contributed by atoms with Crippen LogP contribution in [0.25, 0.3) is 0 Å². The van der Waals surface area contributed by atoms with Gasteiger partial charge in [-0.1, -0.05) is 4.49 Å². The number of thiophene rings is 1. The first-order chi connectivity index (χ1) is 9.29. The smallest absolute Gasteiger partial charge is 0.134 e. The van der Waals surface area contributed by atoms with Crippen molar-refractivity contribution >= 4 is 27.9 Å². The lowest BCUT2D eigenvalue weighted by Gasteiger charge is -2.33. The van der Waals surface area contributed by atoms with Gasteiger partial charge in [-0.05, 0) is 37.3 Å². The minimum Gasteiger partial charge on any atom is -0.374 e. The van der Waals surface area contributed by atoms with Gasteiger partial charge in [0.2, 0.25) is 0 Å². The largest absolute Gasteiger partial charge is 0.374 e. The van der Waals surface area contributed by atoms with Crippen LogP contribution >= 0.6 is 22.9 Å². The Morgan fingerprint density at radius 2 is 2.42 bits per heavy atom. The molecule has 2 aromatic rings. The Balaban J connectivity index is 1.76. The molecule has 102 valence electrons. The highest BCUT2D eigenvalue weighted by Crippen LogP contribution is 2.34. The average molecular weight is 294 g/mol. The van der Waals surface area contributed by atoms with Crippen LogP contribution in [0.4, 0.5) is 5.00 Å². The quantitative estimate of drug-likeness (QED) is 0.940. The van der Waals surface area contributed by atoms with Crippen molar-refractivity contribution in [3.05, 3.63) is 27.6 Å². The number of anilines is 1. The molecule has 0 aliphatic carbocycles. The van der Waals surface area contributed by atoms with Crippen molar-refractivity contribution in [2.45, 2.75) is 32.9 Å². The maximum Gasteiger partial charge on any atom is 0.134 e. The highest BCUT2D eigenvalue weighted by atomic mass is 32.1. The molecular weight excluding hydrogens is 276 g/mol. The Morgan fingerprint density at radius 3 is 3.26 bits per heavy atom. The Labute approximate surface area is 121 Å². The van der Waals surface area contributed by atoms with E-state index in [9.17, 15) is 0 Å². The van der Waals surface area contributed by atoms with Gasteiger partial charge in [0.05, 0.1) is 0 Å². The van der Waals surface area contributed by atoms with Crippen LogP contribution in [0.5, 0.6) is 0 Å². The minimum absolute atomic E-state index is 0.478. The lowest BCUT2D eigenvalue weighted by molar-refractivity contribution is 0.189. The average Bonchev–Trinajstić information content (AvgIpc) is 3.03. The maximum atomic E-state index is 4.27. The van der Waals surface area contributed by atoms with E-state index in [0.717, 1.165) is 36.8 Å². The predicted octanol–water partition coefficient (Wildman–Crippen LogP) is 3.15. The molecule has 0 fully saturated rings. The van der Waals surface area contributed by atoms with E-state index in [2.05, 4.69) is 45.1 Å². The van der Waals surface area contributed by atoms with Crippen LogP contribution in [-0.4, -0.2) is 27.6 Å². The van der Waals surface area contributed by atoms with Gasteiger partial charge in [-0.25, -0.2) is 0 Å². The van der Waals surface area contributed by atoms with Crippen molar-refractivity contribution < 1.29 is 0 Å². The summed E-state index contributed by atoms with van der Waals surface area (Å²) >= 11 is 3.34. The standard InChI is InChI=1S/C13H18N4S2/c1-3-14-13-11(15-16-19-13)8-17-6-4-12-10(9(17)2)5-7-18-12/h5,7,9,14H,3-4,6,8H2,1-2H3. The third-order valence-electron chi connectivity index (χ3n) is 3.65. The van der Waals surface area contributed by atoms with Gasteiger partial charge >= 0.3 is 0 Å². The molecule has 0 aromatic carbocycles. The molecule has 0 amide bonds. The van der Waals surface area contributed by atoms with Gasteiger partial charge in [-0.3, -0.25) is 4.90 Å². The molecule has 3 rings (SSSR count). The molecule has 0 radical (unpaired) electrons. The summed E-state index contributed by atoms with van der Waals surface area (Å²) in [6.07, 6.45) is 1.16. The van der Waals surface area contributed by atoms with E-state index in [1.807, 2.05) is 11.3 Å². The molecule has 0 bridgehead atoms. The monoisotopic (exact) mass is 294 g/mol. The minimum atomic E-state index is 0.478. The molecular formula is C13H18N4S2. The van der Waals surface area contributed by atoms with Crippen LogP contribution in [0.2, 0.25) is 0 Å². The number of hydrogen-bond acceptors (Lipinski definition) is 6. The van der Waals surface area contributed by atoms with Crippen LogP contribution in [0, 0.1) is 0 Å². The number of hydrogen-bond donors (Lipinski definition) is 1. The van der Waals surface area contributed by atoms with Crippen molar-refractivity contribution in [1.82, 2.24) is 14.5 Å². The molecule has 0 saturated heterocycles. The highest BCUT2D eigenvalue weighted by molar-refractivity contribution is 7.10. The van der Waals surface area contributed by atoms with E-state index in [-0.39, 0.29) is 0 Å². The SMILES string of the molecule is CCNc1snnc1CN1CCc2sccc2C1C. The molecule has 2 aromatic heterocycles. The third kappa shape index (κ3) is 2.52. The molecule has 4 nitrogen and oxygen atoms in total. The molecule has 0 spiro atoms. The summed E-state index contributed by atoms with van der Waals surface area (Å²) in [6.45, 7) is 7.30. The van der Waals surface area contributed by atoms with E-state index >= 15 is 0 Å². The molecule has 1 aliphatic rings. The van der Waals surface area contributed by atoms with Crippen LogP contribution in [-0.2, 0) is 13.0 Å². The predicted molar refractivity (Wildman–Crippen MR) is 80.9 cm³/mol. The van der Waals surface area contributed by atoms with Gasteiger partial charge in [-0.2, -0.15) is 0 Å². The zero-order valence-electron chi connectivity index (χ0n) is 11.2. The highest BCUT2D eigenvalue weighted by Gasteiger charge is 2.26. The van der Waals surface area contributed by atoms with Crippen molar-refractivity contribution in [2.24, 2.45) is 0 Å². The zero-order valence-corrected chi connectivity index (χ0v) is 12.9. The second kappa shape index (κ2) is 5.56. The summed E-state index contributed by atoms with van der Waals surface area (Å²) in [4.78, 5) is 4.04. The van der Waals surface area contributed by atoms with Crippen LogP contribution in [0.15, 0.2) is 11.4 Å².